The largest absolute Gasteiger partial charge is 0.495 e. The highest BCUT2D eigenvalue weighted by Gasteiger charge is 2.19. The first kappa shape index (κ1) is 15.8. The molecule has 1 atom stereocenters. The molecule has 1 aromatic carbocycles. The number of anilines is 1. The van der Waals surface area contributed by atoms with Crippen molar-refractivity contribution in [2.24, 2.45) is 17.6 Å². The van der Waals surface area contributed by atoms with Crippen LogP contribution in [0.25, 0.3) is 0 Å². The Balaban J connectivity index is 2.83. The Labute approximate surface area is 119 Å². The standard InChI is InChI=1S/C14H21ClN2O2/c1-9(2)6-10(8-16)14(18)17-12-7-11(15)4-5-13(12)19-3/h4-5,7,9-10H,6,8,16H2,1-3H3,(H,17,18). The molecule has 0 aliphatic carbocycles. The minimum absolute atomic E-state index is 0.100. The van der Waals surface area contributed by atoms with E-state index in [1.54, 1.807) is 25.3 Å². The number of hydrogen-bond acceptors (Lipinski definition) is 3. The van der Waals surface area contributed by atoms with E-state index in [2.05, 4.69) is 19.2 Å². The van der Waals surface area contributed by atoms with E-state index in [1.807, 2.05) is 0 Å². The van der Waals surface area contributed by atoms with Crippen LogP contribution >= 0.6 is 11.6 Å². The van der Waals surface area contributed by atoms with Gasteiger partial charge in [0, 0.05) is 11.6 Å². The number of amides is 1. The van der Waals surface area contributed by atoms with Gasteiger partial charge in [-0.05, 0) is 30.5 Å². The zero-order valence-electron chi connectivity index (χ0n) is 11.6. The fourth-order valence-electron chi connectivity index (χ4n) is 1.89. The van der Waals surface area contributed by atoms with Gasteiger partial charge in [0.1, 0.15) is 5.75 Å². The van der Waals surface area contributed by atoms with Crippen LogP contribution in [0.1, 0.15) is 20.3 Å². The predicted octanol–water partition coefficient (Wildman–Crippen LogP) is 2.91. The maximum Gasteiger partial charge on any atom is 0.228 e. The lowest BCUT2D eigenvalue weighted by Gasteiger charge is -2.18. The number of carbonyl (C=O) groups excluding carboxylic acids is 1. The van der Waals surface area contributed by atoms with Crippen LogP contribution in [0.3, 0.4) is 0 Å². The molecule has 0 saturated heterocycles. The van der Waals surface area contributed by atoms with Gasteiger partial charge in [-0.2, -0.15) is 0 Å². The van der Waals surface area contributed by atoms with Gasteiger partial charge in [0.15, 0.2) is 0 Å². The topological polar surface area (TPSA) is 64.3 Å². The molecule has 0 aromatic heterocycles. The van der Waals surface area contributed by atoms with Gasteiger partial charge in [-0.25, -0.2) is 0 Å². The van der Waals surface area contributed by atoms with E-state index in [0.29, 0.717) is 28.9 Å². The van der Waals surface area contributed by atoms with Gasteiger partial charge in [-0.1, -0.05) is 25.4 Å². The molecule has 106 valence electrons. The Morgan fingerprint density at radius 1 is 1.47 bits per heavy atom. The molecule has 0 spiro atoms. The molecule has 0 heterocycles. The first-order valence-corrected chi connectivity index (χ1v) is 6.70. The third-order valence-electron chi connectivity index (χ3n) is 2.83. The molecular weight excluding hydrogens is 264 g/mol. The Morgan fingerprint density at radius 2 is 2.16 bits per heavy atom. The van der Waals surface area contributed by atoms with Crippen LogP contribution in [-0.2, 0) is 4.79 Å². The number of carbonyl (C=O) groups is 1. The molecular formula is C14H21ClN2O2. The lowest BCUT2D eigenvalue weighted by Crippen LogP contribution is -2.30. The highest BCUT2D eigenvalue weighted by atomic mass is 35.5. The van der Waals surface area contributed by atoms with Gasteiger partial charge < -0.3 is 15.8 Å². The summed E-state index contributed by atoms with van der Waals surface area (Å²) in [5, 5.41) is 3.38. The first-order valence-electron chi connectivity index (χ1n) is 6.32. The molecule has 0 aliphatic heterocycles. The number of ether oxygens (including phenoxy) is 1. The summed E-state index contributed by atoms with van der Waals surface area (Å²) in [4.78, 5) is 12.2. The fourth-order valence-corrected chi connectivity index (χ4v) is 2.06. The molecule has 0 saturated carbocycles. The summed E-state index contributed by atoms with van der Waals surface area (Å²) >= 11 is 5.92. The van der Waals surface area contributed by atoms with E-state index in [-0.39, 0.29) is 11.8 Å². The Morgan fingerprint density at radius 3 is 2.68 bits per heavy atom. The first-order chi connectivity index (χ1) is 8.97. The Kier molecular flexibility index (Phi) is 6.12. The molecule has 1 rings (SSSR count). The van der Waals surface area contributed by atoms with Gasteiger partial charge in [0.25, 0.3) is 0 Å². The van der Waals surface area contributed by atoms with E-state index in [4.69, 9.17) is 22.1 Å². The lowest BCUT2D eigenvalue weighted by atomic mass is 9.96. The monoisotopic (exact) mass is 284 g/mol. The average Bonchev–Trinajstić information content (AvgIpc) is 2.35. The summed E-state index contributed by atoms with van der Waals surface area (Å²) < 4.78 is 5.19. The minimum Gasteiger partial charge on any atom is -0.495 e. The zero-order valence-corrected chi connectivity index (χ0v) is 12.3. The predicted molar refractivity (Wildman–Crippen MR) is 78.6 cm³/mol. The van der Waals surface area contributed by atoms with E-state index in [1.165, 1.54) is 0 Å². The summed E-state index contributed by atoms with van der Waals surface area (Å²) in [7, 11) is 1.55. The SMILES string of the molecule is COc1ccc(Cl)cc1NC(=O)C(CN)CC(C)C. The van der Waals surface area contributed by atoms with E-state index < -0.39 is 0 Å². The number of nitrogens with two attached hydrogens (primary N) is 1. The van der Waals surface area contributed by atoms with E-state index in [9.17, 15) is 4.79 Å². The van der Waals surface area contributed by atoms with Crippen LogP contribution in [0, 0.1) is 11.8 Å². The summed E-state index contributed by atoms with van der Waals surface area (Å²) in [6.45, 7) is 4.46. The quantitative estimate of drug-likeness (QED) is 0.844. The van der Waals surface area contributed by atoms with Crippen LogP contribution in [-0.4, -0.2) is 19.6 Å². The second-order valence-electron chi connectivity index (χ2n) is 4.90. The number of methoxy groups -OCH3 is 1. The fraction of sp³-hybridized carbons (Fsp3) is 0.500. The summed E-state index contributed by atoms with van der Waals surface area (Å²) in [6.07, 6.45) is 0.755. The summed E-state index contributed by atoms with van der Waals surface area (Å²) in [5.41, 5.74) is 6.23. The van der Waals surface area contributed by atoms with Gasteiger partial charge in [-0.15, -0.1) is 0 Å². The number of hydrogen-bond donors (Lipinski definition) is 2. The summed E-state index contributed by atoms with van der Waals surface area (Å²) in [5.74, 6) is 0.694. The highest BCUT2D eigenvalue weighted by molar-refractivity contribution is 6.31. The maximum absolute atomic E-state index is 12.2. The van der Waals surface area contributed by atoms with Gasteiger partial charge in [0.2, 0.25) is 5.91 Å². The van der Waals surface area contributed by atoms with Crippen molar-refractivity contribution in [2.45, 2.75) is 20.3 Å². The number of halogens is 1. The zero-order chi connectivity index (χ0) is 14.4. The number of benzene rings is 1. The second kappa shape index (κ2) is 7.36. The minimum atomic E-state index is -0.205. The van der Waals surface area contributed by atoms with Crippen molar-refractivity contribution in [1.29, 1.82) is 0 Å². The van der Waals surface area contributed by atoms with Crippen LogP contribution in [0.2, 0.25) is 5.02 Å². The smallest absolute Gasteiger partial charge is 0.228 e. The molecule has 4 nitrogen and oxygen atoms in total. The van der Waals surface area contributed by atoms with Crippen molar-refractivity contribution in [3.05, 3.63) is 23.2 Å². The molecule has 0 radical (unpaired) electrons. The van der Waals surface area contributed by atoms with E-state index in [0.717, 1.165) is 6.42 Å². The van der Waals surface area contributed by atoms with Crippen LogP contribution in [0.4, 0.5) is 5.69 Å². The van der Waals surface area contributed by atoms with Crippen LogP contribution in [0.15, 0.2) is 18.2 Å². The maximum atomic E-state index is 12.2. The Bertz CT molecular complexity index is 435. The van der Waals surface area contributed by atoms with Crippen molar-refractivity contribution in [1.82, 2.24) is 0 Å². The van der Waals surface area contributed by atoms with Crippen molar-refractivity contribution < 1.29 is 9.53 Å². The van der Waals surface area contributed by atoms with E-state index >= 15 is 0 Å². The van der Waals surface area contributed by atoms with Crippen LogP contribution < -0.4 is 15.8 Å². The molecule has 1 aromatic rings. The summed E-state index contributed by atoms with van der Waals surface area (Å²) in [6, 6.07) is 5.10. The van der Waals surface area contributed by atoms with Crippen LogP contribution in [0.5, 0.6) is 5.75 Å². The second-order valence-corrected chi connectivity index (χ2v) is 5.33. The lowest BCUT2D eigenvalue weighted by molar-refractivity contribution is -0.120. The third-order valence-corrected chi connectivity index (χ3v) is 3.07. The molecule has 5 heteroatoms. The number of rotatable bonds is 6. The molecule has 19 heavy (non-hydrogen) atoms. The van der Waals surface area contributed by atoms with Gasteiger partial charge in [0.05, 0.1) is 18.7 Å². The molecule has 1 unspecified atom stereocenters. The average molecular weight is 285 g/mol. The van der Waals surface area contributed by atoms with Gasteiger partial charge >= 0.3 is 0 Å². The van der Waals surface area contributed by atoms with Crippen molar-refractivity contribution in [2.75, 3.05) is 19.0 Å². The molecule has 0 aliphatic rings. The number of nitrogens with one attached hydrogen (secondary N) is 1. The normalized spacial score (nSPS) is 12.3. The Hall–Kier alpha value is -1.26. The van der Waals surface area contributed by atoms with Crippen molar-refractivity contribution >= 4 is 23.2 Å². The molecule has 0 bridgehead atoms. The third kappa shape index (κ3) is 4.73. The molecule has 3 N–H and O–H groups in total. The highest BCUT2D eigenvalue weighted by Crippen LogP contribution is 2.28. The van der Waals surface area contributed by atoms with Gasteiger partial charge in [-0.3, -0.25) is 4.79 Å². The van der Waals surface area contributed by atoms with Crippen molar-refractivity contribution in [3.8, 4) is 5.75 Å². The molecule has 1 amide bonds. The molecule has 0 fully saturated rings. The van der Waals surface area contributed by atoms with Crippen molar-refractivity contribution in [3.63, 3.8) is 0 Å².